The van der Waals surface area contributed by atoms with Gasteiger partial charge in [-0.1, -0.05) is 24.8 Å². The van der Waals surface area contributed by atoms with Crippen LogP contribution in [-0.4, -0.2) is 21.7 Å². The van der Waals surface area contributed by atoms with Crippen molar-refractivity contribution in [3.63, 3.8) is 0 Å². The standard InChI is InChI=1S/C12H16N4OS/c1-3-6-13-11-10(5-4-7-14-11)8-18-12-16-15-9(2)17-12/h4-5,7H,3,6,8H2,1-2H3,(H,13,14). The number of thioether (sulfide) groups is 1. The molecule has 0 amide bonds. The van der Waals surface area contributed by atoms with E-state index in [-0.39, 0.29) is 0 Å². The molecule has 5 nitrogen and oxygen atoms in total. The lowest BCUT2D eigenvalue weighted by Crippen LogP contribution is -2.04. The molecule has 0 unspecified atom stereocenters. The van der Waals surface area contributed by atoms with Crippen molar-refractivity contribution in [2.45, 2.75) is 31.2 Å². The van der Waals surface area contributed by atoms with Crippen LogP contribution in [0, 0.1) is 6.92 Å². The molecular weight excluding hydrogens is 248 g/mol. The Morgan fingerprint density at radius 2 is 2.28 bits per heavy atom. The fourth-order valence-electron chi connectivity index (χ4n) is 1.43. The maximum absolute atomic E-state index is 5.33. The first-order valence-electron chi connectivity index (χ1n) is 5.90. The maximum atomic E-state index is 5.33. The lowest BCUT2D eigenvalue weighted by molar-refractivity contribution is 0.429. The second-order valence-electron chi connectivity index (χ2n) is 3.81. The maximum Gasteiger partial charge on any atom is 0.276 e. The number of nitrogens with zero attached hydrogens (tertiary/aromatic N) is 3. The summed E-state index contributed by atoms with van der Waals surface area (Å²) in [7, 11) is 0. The van der Waals surface area contributed by atoms with E-state index in [2.05, 4.69) is 33.5 Å². The molecule has 0 atom stereocenters. The van der Waals surface area contributed by atoms with Crippen LogP contribution in [0.15, 0.2) is 28.0 Å². The van der Waals surface area contributed by atoms with Gasteiger partial charge < -0.3 is 9.73 Å². The number of rotatable bonds is 6. The zero-order valence-electron chi connectivity index (χ0n) is 10.5. The van der Waals surface area contributed by atoms with Gasteiger partial charge in [-0.05, 0) is 12.5 Å². The van der Waals surface area contributed by atoms with Gasteiger partial charge in [0.15, 0.2) is 0 Å². The molecule has 2 rings (SSSR count). The lowest BCUT2D eigenvalue weighted by atomic mass is 10.3. The molecule has 2 aromatic rings. The molecule has 2 aromatic heterocycles. The van der Waals surface area contributed by atoms with Crippen LogP contribution in [0.4, 0.5) is 5.82 Å². The summed E-state index contributed by atoms with van der Waals surface area (Å²) in [5.74, 6) is 2.29. The highest BCUT2D eigenvalue weighted by Crippen LogP contribution is 2.24. The Bertz CT molecular complexity index is 500. The van der Waals surface area contributed by atoms with E-state index in [1.807, 2.05) is 6.07 Å². The van der Waals surface area contributed by atoms with E-state index in [4.69, 9.17) is 4.42 Å². The summed E-state index contributed by atoms with van der Waals surface area (Å²) in [6.07, 6.45) is 2.87. The van der Waals surface area contributed by atoms with E-state index < -0.39 is 0 Å². The van der Waals surface area contributed by atoms with Gasteiger partial charge >= 0.3 is 0 Å². The SMILES string of the molecule is CCCNc1ncccc1CSc1nnc(C)o1. The summed E-state index contributed by atoms with van der Waals surface area (Å²) in [5.41, 5.74) is 1.15. The third-order valence-corrected chi connectivity index (χ3v) is 3.16. The zero-order valence-corrected chi connectivity index (χ0v) is 11.3. The number of hydrogen-bond donors (Lipinski definition) is 1. The van der Waals surface area contributed by atoms with Crippen LogP contribution in [0.1, 0.15) is 24.8 Å². The molecule has 2 heterocycles. The third-order valence-electron chi connectivity index (χ3n) is 2.29. The number of nitrogens with one attached hydrogen (secondary N) is 1. The molecule has 0 aliphatic heterocycles. The average molecular weight is 264 g/mol. The van der Waals surface area contributed by atoms with Gasteiger partial charge in [0.2, 0.25) is 5.89 Å². The fraction of sp³-hybridized carbons (Fsp3) is 0.417. The molecule has 0 spiro atoms. The molecule has 0 aromatic carbocycles. The molecule has 0 saturated heterocycles. The highest BCUT2D eigenvalue weighted by atomic mass is 32.2. The Morgan fingerprint density at radius 3 is 3.00 bits per heavy atom. The number of hydrogen-bond acceptors (Lipinski definition) is 6. The molecule has 6 heteroatoms. The van der Waals surface area contributed by atoms with Crippen LogP contribution in [0.3, 0.4) is 0 Å². The Labute approximate surface area is 110 Å². The Balaban J connectivity index is 1.99. The molecule has 0 aliphatic carbocycles. The Morgan fingerprint density at radius 1 is 1.39 bits per heavy atom. The van der Waals surface area contributed by atoms with Crippen molar-refractivity contribution >= 4 is 17.6 Å². The number of aryl methyl sites for hydroxylation is 1. The van der Waals surface area contributed by atoms with Gasteiger partial charge in [-0.15, -0.1) is 10.2 Å². The van der Waals surface area contributed by atoms with Crippen LogP contribution >= 0.6 is 11.8 Å². The molecule has 0 bridgehead atoms. The second kappa shape index (κ2) is 6.39. The highest BCUT2D eigenvalue weighted by molar-refractivity contribution is 7.98. The summed E-state index contributed by atoms with van der Waals surface area (Å²) in [6, 6.07) is 3.99. The third kappa shape index (κ3) is 3.46. The van der Waals surface area contributed by atoms with E-state index in [1.54, 1.807) is 13.1 Å². The normalized spacial score (nSPS) is 10.6. The van der Waals surface area contributed by atoms with Gasteiger partial charge in [-0.25, -0.2) is 4.98 Å². The minimum absolute atomic E-state index is 0.591. The van der Waals surface area contributed by atoms with Crippen molar-refractivity contribution in [2.24, 2.45) is 0 Å². The molecule has 1 N–H and O–H groups in total. The molecule has 0 saturated carbocycles. The lowest BCUT2D eigenvalue weighted by Gasteiger charge is -2.08. The van der Waals surface area contributed by atoms with Crippen LogP contribution in [0.5, 0.6) is 0 Å². The summed E-state index contributed by atoms with van der Waals surface area (Å²) in [5, 5.41) is 11.7. The van der Waals surface area contributed by atoms with Crippen LogP contribution in [0.2, 0.25) is 0 Å². The first-order chi connectivity index (χ1) is 8.79. The number of anilines is 1. The molecule has 0 radical (unpaired) electrons. The summed E-state index contributed by atoms with van der Waals surface area (Å²) < 4.78 is 5.33. The smallest absolute Gasteiger partial charge is 0.276 e. The first-order valence-corrected chi connectivity index (χ1v) is 6.89. The summed E-state index contributed by atoms with van der Waals surface area (Å²) in [6.45, 7) is 4.84. The van der Waals surface area contributed by atoms with Crippen LogP contribution in [-0.2, 0) is 5.75 Å². The summed E-state index contributed by atoms with van der Waals surface area (Å²) in [4.78, 5) is 4.34. The van der Waals surface area contributed by atoms with Crippen molar-refractivity contribution < 1.29 is 4.42 Å². The Hall–Kier alpha value is -1.56. The molecule has 96 valence electrons. The fourth-order valence-corrected chi connectivity index (χ4v) is 2.22. The van der Waals surface area contributed by atoms with E-state index in [0.29, 0.717) is 11.1 Å². The molecular formula is C12H16N4OS. The first kappa shape index (κ1) is 12.9. The Kier molecular flexibility index (Phi) is 4.58. The topological polar surface area (TPSA) is 63.8 Å². The molecule has 18 heavy (non-hydrogen) atoms. The van der Waals surface area contributed by atoms with E-state index >= 15 is 0 Å². The zero-order chi connectivity index (χ0) is 12.8. The molecule has 0 aliphatic rings. The van der Waals surface area contributed by atoms with Gasteiger partial charge in [0, 0.05) is 31.0 Å². The molecule has 0 fully saturated rings. The van der Waals surface area contributed by atoms with Crippen molar-refractivity contribution in [3.8, 4) is 0 Å². The van der Waals surface area contributed by atoms with Crippen LogP contribution < -0.4 is 5.32 Å². The van der Waals surface area contributed by atoms with Crippen molar-refractivity contribution in [1.82, 2.24) is 15.2 Å². The number of pyridine rings is 1. The van der Waals surface area contributed by atoms with Crippen molar-refractivity contribution in [1.29, 1.82) is 0 Å². The van der Waals surface area contributed by atoms with Crippen LogP contribution in [0.25, 0.3) is 0 Å². The van der Waals surface area contributed by atoms with E-state index in [1.165, 1.54) is 11.8 Å². The quantitative estimate of drug-likeness (QED) is 0.809. The van der Waals surface area contributed by atoms with Gasteiger partial charge in [-0.3, -0.25) is 0 Å². The van der Waals surface area contributed by atoms with E-state index in [0.717, 1.165) is 30.1 Å². The van der Waals surface area contributed by atoms with Gasteiger partial charge in [0.05, 0.1) is 0 Å². The monoisotopic (exact) mass is 264 g/mol. The predicted octanol–water partition coefficient (Wildman–Crippen LogP) is 2.89. The highest BCUT2D eigenvalue weighted by Gasteiger charge is 2.07. The van der Waals surface area contributed by atoms with Gasteiger partial charge in [0.1, 0.15) is 5.82 Å². The predicted molar refractivity (Wildman–Crippen MR) is 71.6 cm³/mol. The minimum Gasteiger partial charge on any atom is -0.416 e. The van der Waals surface area contributed by atoms with E-state index in [9.17, 15) is 0 Å². The van der Waals surface area contributed by atoms with Gasteiger partial charge in [0.25, 0.3) is 5.22 Å². The second-order valence-corrected chi connectivity index (χ2v) is 4.74. The number of aromatic nitrogens is 3. The van der Waals surface area contributed by atoms with Crippen molar-refractivity contribution in [2.75, 3.05) is 11.9 Å². The van der Waals surface area contributed by atoms with Crippen molar-refractivity contribution in [3.05, 3.63) is 29.8 Å². The average Bonchev–Trinajstić information content (AvgIpc) is 2.81. The minimum atomic E-state index is 0.591. The largest absolute Gasteiger partial charge is 0.416 e. The summed E-state index contributed by atoms with van der Waals surface area (Å²) >= 11 is 1.52. The van der Waals surface area contributed by atoms with Gasteiger partial charge in [-0.2, -0.15) is 0 Å².